The summed E-state index contributed by atoms with van der Waals surface area (Å²) in [4.78, 5) is 11.7. The second kappa shape index (κ2) is 6.74. The maximum absolute atomic E-state index is 12.9. The maximum Gasteiger partial charge on any atom is 0.239 e. The molecule has 102 valence electrons. The summed E-state index contributed by atoms with van der Waals surface area (Å²) in [6.07, 6.45) is 0. The highest BCUT2D eigenvalue weighted by molar-refractivity contribution is 5.81. The van der Waals surface area contributed by atoms with Crippen LogP contribution in [0.1, 0.15) is 26.3 Å². The molecule has 1 aromatic carbocycles. The first kappa shape index (κ1) is 15.0. The van der Waals surface area contributed by atoms with Gasteiger partial charge in [0.15, 0.2) is 0 Å². The van der Waals surface area contributed by atoms with Crippen molar-refractivity contribution in [3.8, 4) is 6.07 Å². The predicted octanol–water partition coefficient (Wildman–Crippen LogP) is 2.27. The van der Waals surface area contributed by atoms with Gasteiger partial charge in [0.1, 0.15) is 11.9 Å². The second-order valence-corrected chi connectivity index (χ2v) is 4.76. The Morgan fingerprint density at radius 2 is 2.11 bits per heavy atom. The zero-order valence-electron chi connectivity index (χ0n) is 11.3. The smallest absolute Gasteiger partial charge is 0.239 e. The quantitative estimate of drug-likeness (QED) is 0.856. The monoisotopic (exact) mass is 263 g/mol. The zero-order chi connectivity index (χ0) is 14.4. The van der Waals surface area contributed by atoms with Gasteiger partial charge in [0, 0.05) is 6.04 Å². The first-order valence-electron chi connectivity index (χ1n) is 6.17. The van der Waals surface area contributed by atoms with Crippen molar-refractivity contribution in [3.63, 3.8) is 0 Å². The van der Waals surface area contributed by atoms with Gasteiger partial charge in [0.25, 0.3) is 0 Å². The number of benzene rings is 1. The van der Waals surface area contributed by atoms with Gasteiger partial charge < -0.3 is 10.6 Å². The van der Waals surface area contributed by atoms with Crippen LogP contribution < -0.4 is 10.6 Å². The zero-order valence-corrected chi connectivity index (χ0v) is 11.3. The number of carbonyl (C=O) groups excluding carboxylic acids is 1. The number of rotatable bonds is 5. The number of nitrogens with zero attached hydrogens (tertiary/aromatic N) is 1. The average molecular weight is 263 g/mol. The molecule has 0 saturated carbocycles. The molecule has 0 saturated heterocycles. The van der Waals surface area contributed by atoms with Crippen LogP contribution in [0.3, 0.4) is 0 Å². The van der Waals surface area contributed by atoms with Gasteiger partial charge in [0.2, 0.25) is 5.91 Å². The Labute approximate surface area is 112 Å². The highest BCUT2D eigenvalue weighted by Gasteiger charge is 2.11. The molecule has 0 aliphatic carbocycles. The molecule has 1 rings (SSSR count). The Morgan fingerprint density at radius 1 is 1.42 bits per heavy atom. The number of hydrogen-bond donors (Lipinski definition) is 2. The summed E-state index contributed by atoms with van der Waals surface area (Å²) in [7, 11) is 0. The molecule has 0 bridgehead atoms. The topological polar surface area (TPSA) is 64.9 Å². The minimum atomic E-state index is -0.472. The molecule has 4 nitrogen and oxygen atoms in total. The maximum atomic E-state index is 12.9. The van der Waals surface area contributed by atoms with E-state index in [-0.39, 0.29) is 24.1 Å². The van der Waals surface area contributed by atoms with E-state index in [0.717, 1.165) is 6.07 Å². The molecule has 19 heavy (non-hydrogen) atoms. The highest BCUT2D eigenvalue weighted by atomic mass is 19.1. The Balaban J connectivity index is 2.58. The van der Waals surface area contributed by atoms with Crippen LogP contribution in [0.2, 0.25) is 0 Å². The van der Waals surface area contributed by atoms with Crippen molar-refractivity contribution in [1.29, 1.82) is 5.26 Å². The van der Waals surface area contributed by atoms with Crippen LogP contribution in [0.5, 0.6) is 0 Å². The SMILES string of the molecule is CC(C)C(C)NC(=O)CNc1ccc(F)cc1C#N. The molecule has 0 spiro atoms. The Kier molecular flexibility index (Phi) is 5.31. The van der Waals surface area contributed by atoms with Gasteiger partial charge in [-0.15, -0.1) is 0 Å². The van der Waals surface area contributed by atoms with E-state index >= 15 is 0 Å². The molecular formula is C14H18FN3O. The molecule has 0 aliphatic heterocycles. The van der Waals surface area contributed by atoms with E-state index in [4.69, 9.17) is 5.26 Å². The van der Waals surface area contributed by atoms with Crippen LogP contribution in [-0.2, 0) is 4.79 Å². The largest absolute Gasteiger partial charge is 0.375 e. The lowest BCUT2D eigenvalue weighted by molar-refractivity contribution is -0.120. The molecule has 0 aliphatic rings. The molecule has 2 N–H and O–H groups in total. The Bertz CT molecular complexity index is 494. The fraction of sp³-hybridized carbons (Fsp3) is 0.429. The van der Waals surface area contributed by atoms with Gasteiger partial charge in [-0.1, -0.05) is 13.8 Å². The van der Waals surface area contributed by atoms with Crippen molar-refractivity contribution in [1.82, 2.24) is 5.32 Å². The van der Waals surface area contributed by atoms with E-state index in [1.165, 1.54) is 12.1 Å². The van der Waals surface area contributed by atoms with Gasteiger partial charge in [-0.3, -0.25) is 4.79 Å². The van der Waals surface area contributed by atoms with Crippen molar-refractivity contribution in [2.45, 2.75) is 26.8 Å². The molecule has 1 unspecified atom stereocenters. The molecule has 0 fully saturated rings. The Hall–Kier alpha value is -2.09. The summed E-state index contributed by atoms with van der Waals surface area (Å²) in [5.41, 5.74) is 0.640. The van der Waals surface area contributed by atoms with E-state index in [2.05, 4.69) is 10.6 Å². The number of amides is 1. The normalized spacial score (nSPS) is 11.8. The van der Waals surface area contributed by atoms with Gasteiger partial charge in [-0.05, 0) is 31.0 Å². The summed E-state index contributed by atoms with van der Waals surface area (Å²) >= 11 is 0. The van der Waals surface area contributed by atoms with Crippen molar-refractivity contribution in [3.05, 3.63) is 29.6 Å². The third kappa shape index (κ3) is 4.59. The van der Waals surface area contributed by atoms with Crippen LogP contribution in [0.25, 0.3) is 0 Å². The third-order valence-corrected chi connectivity index (χ3v) is 2.93. The summed E-state index contributed by atoms with van der Waals surface area (Å²) < 4.78 is 12.9. The van der Waals surface area contributed by atoms with Crippen LogP contribution >= 0.6 is 0 Å². The Morgan fingerprint density at radius 3 is 2.68 bits per heavy atom. The predicted molar refractivity (Wildman–Crippen MR) is 72.0 cm³/mol. The summed E-state index contributed by atoms with van der Waals surface area (Å²) in [5.74, 6) is -0.279. The van der Waals surface area contributed by atoms with Crippen molar-refractivity contribution in [2.75, 3.05) is 11.9 Å². The number of carbonyl (C=O) groups is 1. The molecule has 0 heterocycles. The van der Waals surface area contributed by atoms with E-state index < -0.39 is 5.82 Å². The lowest BCUT2D eigenvalue weighted by Gasteiger charge is -2.18. The van der Waals surface area contributed by atoms with Crippen molar-refractivity contribution >= 4 is 11.6 Å². The minimum Gasteiger partial charge on any atom is -0.375 e. The first-order chi connectivity index (χ1) is 8.93. The van der Waals surface area contributed by atoms with E-state index in [1.54, 1.807) is 0 Å². The lowest BCUT2D eigenvalue weighted by atomic mass is 10.1. The van der Waals surface area contributed by atoms with Gasteiger partial charge in [0.05, 0.1) is 17.8 Å². The van der Waals surface area contributed by atoms with Crippen molar-refractivity contribution < 1.29 is 9.18 Å². The molecular weight excluding hydrogens is 245 g/mol. The van der Waals surface area contributed by atoms with Gasteiger partial charge in [-0.25, -0.2) is 4.39 Å². The highest BCUT2D eigenvalue weighted by Crippen LogP contribution is 2.15. The first-order valence-corrected chi connectivity index (χ1v) is 6.17. The molecule has 1 amide bonds. The van der Waals surface area contributed by atoms with Crippen LogP contribution in [0, 0.1) is 23.1 Å². The lowest BCUT2D eigenvalue weighted by Crippen LogP contribution is -2.39. The van der Waals surface area contributed by atoms with E-state index in [1.807, 2.05) is 26.8 Å². The van der Waals surface area contributed by atoms with E-state index in [9.17, 15) is 9.18 Å². The molecule has 0 radical (unpaired) electrons. The van der Waals surface area contributed by atoms with Gasteiger partial charge in [-0.2, -0.15) is 5.26 Å². The molecule has 0 aromatic heterocycles. The van der Waals surface area contributed by atoms with Crippen molar-refractivity contribution in [2.24, 2.45) is 5.92 Å². The summed E-state index contributed by atoms with van der Waals surface area (Å²) in [6, 6.07) is 5.80. The standard InChI is InChI=1S/C14H18FN3O/c1-9(2)10(3)18-14(19)8-17-13-5-4-12(15)6-11(13)7-16/h4-6,9-10,17H,8H2,1-3H3,(H,18,19). The number of nitriles is 1. The molecule has 5 heteroatoms. The molecule has 1 aromatic rings. The molecule has 1 atom stereocenters. The van der Waals surface area contributed by atoms with Crippen LogP contribution in [0.15, 0.2) is 18.2 Å². The third-order valence-electron chi connectivity index (χ3n) is 2.93. The summed E-state index contributed by atoms with van der Waals surface area (Å²) in [6.45, 7) is 6.02. The number of halogens is 1. The summed E-state index contributed by atoms with van der Waals surface area (Å²) in [5, 5.41) is 14.5. The second-order valence-electron chi connectivity index (χ2n) is 4.76. The van der Waals surface area contributed by atoms with Crippen LogP contribution in [0.4, 0.5) is 10.1 Å². The minimum absolute atomic E-state index is 0.0529. The average Bonchev–Trinajstić information content (AvgIpc) is 2.36. The number of hydrogen-bond acceptors (Lipinski definition) is 3. The number of nitrogens with one attached hydrogen (secondary N) is 2. The van der Waals surface area contributed by atoms with Gasteiger partial charge >= 0.3 is 0 Å². The fourth-order valence-electron chi connectivity index (χ4n) is 1.41. The van der Waals surface area contributed by atoms with Crippen LogP contribution in [-0.4, -0.2) is 18.5 Å². The van der Waals surface area contributed by atoms with E-state index in [0.29, 0.717) is 11.6 Å². The number of anilines is 1. The fourth-order valence-corrected chi connectivity index (χ4v) is 1.41.